The molecule has 12 rings (SSSR count). The number of hydrogen-bond donors (Lipinski definition) is 0. The molecule has 0 saturated carbocycles. The zero-order valence-corrected chi connectivity index (χ0v) is 33.1. The van der Waals surface area contributed by atoms with E-state index < -0.39 is 0 Å². The molecule has 7 aromatic carbocycles. The van der Waals surface area contributed by atoms with Crippen molar-refractivity contribution in [3.63, 3.8) is 0 Å². The fraction of sp³-hybridized carbons (Fsp3) is 0.0588. The summed E-state index contributed by atoms with van der Waals surface area (Å²) in [5.74, 6) is 2.02. The topological polar surface area (TPSA) is 47.6 Å². The predicted molar refractivity (Wildman–Crippen MR) is 231 cm³/mol. The molecule has 0 saturated heterocycles. The molecule has 0 amide bonds. The maximum atomic E-state index is 6.71. The number of hydrogen-bond acceptors (Lipinski definition) is 4. The van der Waals surface area contributed by atoms with Crippen LogP contribution in [0.5, 0.6) is 11.5 Å². The summed E-state index contributed by atoms with van der Waals surface area (Å²) in [4.78, 5) is 12.2. The molecule has 0 radical (unpaired) electrons. The van der Waals surface area contributed by atoms with Gasteiger partial charge >= 0.3 is 20.4 Å². The van der Waals surface area contributed by atoms with Gasteiger partial charge in [-0.3, -0.25) is 4.98 Å². The summed E-state index contributed by atoms with van der Waals surface area (Å²) in [6.45, 7) is 4.53. The van der Waals surface area contributed by atoms with E-state index in [9.17, 15) is 0 Å². The van der Waals surface area contributed by atoms with Crippen molar-refractivity contribution in [2.24, 2.45) is 0 Å². The number of ether oxygens (including phenoxy) is 1. The molecule has 0 N–H and O–H groups in total. The van der Waals surface area contributed by atoms with Crippen LogP contribution in [0, 0.1) is 12.1 Å². The van der Waals surface area contributed by atoms with Crippen LogP contribution in [0.3, 0.4) is 0 Å². The molecule has 0 spiro atoms. The van der Waals surface area contributed by atoms with Crippen molar-refractivity contribution >= 4 is 77.4 Å². The number of fused-ring (bicyclic) bond motifs is 14. The van der Waals surface area contributed by atoms with Crippen molar-refractivity contribution in [3.05, 3.63) is 187 Å². The van der Waals surface area contributed by atoms with Gasteiger partial charge < -0.3 is 18.6 Å². The van der Waals surface area contributed by atoms with Gasteiger partial charge in [0.1, 0.15) is 5.82 Å². The van der Waals surface area contributed by atoms with E-state index in [1.54, 1.807) is 0 Å². The normalized spacial score (nSPS) is 13.3. The molecule has 1 aliphatic heterocycles. The van der Waals surface area contributed by atoms with E-state index in [-0.39, 0.29) is 25.8 Å². The minimum atomic E-state index is -0.254. The molecule has 0 bridgehead atoms. The zero-order valence-electron chi connectivity index (χ0n) is 31.5. The van der Waals surface area contributed by atoms with E-state index in [2.05, 4.69) is 161 Å². The van der Waals surface area contributed by atoms with Crippen LogP contribution < -0.4 is 9.64 Å². The van der Waals surface area contributed by atoms with Crippen molar-refractivity contribution in [3.8, 4) is 17.2 Å². The third kappa shape index (κ3) is 4.88. The molecule has 58 heavy (non-hydrogen) atoms. The molecular weight excluding hydrogens is 805 g/mol. The van der Waals surface area contributed by atoms with E-state index in [1.807, 2.05) is 42.6 Å². The van der Waals surface area contributed by atoms with E-state index in [0.29, 0.717) is 11.5 Å². The van der Waals surface area contributed by atoms with Gasteiger partial charge in [-0.2, -0.15) is 6.07 Å². The fourth-order valence-corrected chi connectivity index (χ4v) is 9.21. The predicted octanol–water partition coefficient (Wildman–Crippen LogP) is 12.8. The molecule has 278 valence electrons. The standard InChI is InChI=1S/C51H33N5O.Pd/c1-51(2)39-17-7-10-20-43(39)55(47-22-12-13-29-52-47)46-31-34(24-27-40(46)51)57-33-23-25-35-36-26-28-45-48(37-16-6-9-19-42(37)54(45)32-14-4-3-5-15-32)49(36)56-44-21-11-8-18-41(44)53-50(56)38(35)30-33;/h3-29H,1-2H3;/q-2;+2. The van der Waals surface area contributed by atoms with Crippen molar-refractivity contribution < 1.29 is 25.2 Å². The Morgan fingerprint density at radius 3 is 2.17 bits per heavy atom. The SMILES string of the molecule is CC1(C)c2ccc(Oc3[c-]c4c(cc3)c3ccc5c(c6ccccc6n5-c5ccccc5)c3n3c5ccccc5nc43)[c-]c2N(c2ccccn2)c2ccccc21.[Pd+2]. The van der Waals surface area contributed by atoms with Crippen molar-refractivity contribution in [2.45, 2.75) is 19.3 Å². The number of anilines is 3. The monoisotopic (exact) mass is 837 g/mol. The minimum absolute atomic E-state index is 0. The molecule has 4 aromatic heterocycles. The van der Waals surface area contributed by atoms with Gasteiger partial charge in [-0.15, -0.1) is 29.8 Å². The molecule has 0 aliphatic carbocycles. The number of aromatic nitrogens is 4. The Balaban J connectivity index is 0.00000385. The average Bonchev–Trinajstić information content (AvgIpc) is 3.81. The van der Waals surface area contributed by atoms with Gasteiger partial charge in [-0.05, 0) is 71.0 Å². The van der Waals surface area contributed by atoms with Gasteiger partial charge in [0.15, 0.2) is 0 Å². The Bertz CT molecular complexity index is 3430. The fourth-order valence-electron chi connectivity index (χ4n) is 9.21. The van der Waals surface area contributed by atoms with Crippen LogP contribution in [0.4, 0.5) is 17.2 Å². The summed E-state index contributed by atoms with van der Waals surface area (Å²) < 4.78 is 11.4. The average molecular weight is 838 g/mol. The third-order valence-corrected chi connectivity index (χ3v) is 11.8. The van der Waals surface area contributed by atoms with Crippen LogP contribution in [0.1, 0.15) is 25.0 Å². The van der Waals surface area contributed by atoms with Gasteiger partial charge in [0.2, 0.25) is 0 Å². The largest absolute Gasteiger partial charge is 2.00 e. The molecular formula is C51H33N5OPd. The number of para-hydroxylation sites is 5. The summed E-state index contributed by atoms with van der Waals surface area (Å²) >= 11 is 0. The van der Waals surface area contributed by atoms with Gasteiger partial charge in [-0.1, -0.05) is 115 Å². The maximum Gasteiger partial charge on any atom is 2.00 e. The third-order valence-electron chi connectivity index (χ3n) is 11.8. The Morgan fingerprint density at radius 2 is 1.31 bits per heavy atom. The molecule has 7 heteroatoms. The molecule has 1 aliphatic rings. The molecule has 0 unspecified atom stereocenters. The molecule has 11 aromatic rings. The second kappa shape index (κ2) is 12.9. The van der Waals surface area contributed by atoms with E-state index >= 15 is 0 Å². The van der Waals surface area contributed by atoms with Crippen LogP contribution >= 0.6 is 0 Å². The Kier molecular flexibility index (Phi) is 7.65. The smallest absolute Gasteiger partial charge is 0.503 e. The van der Waals surface area contributed by atoms with Gasteiger partial charge in [0.05, 0.1) is 27.7 Å². The van der Waals surface area contributed by atoms with Crippen LogP contribution in [-0.4, -0.2) is 18.9 Å². The van der Waals surface area contributed by atoms with Crippen molar-refractivity contribution in [1.29, 1.82) is 0 Å². The first kappa shape index (κ1) is 34.5. The van der Waals surface area contributed by atoms with E-state index in [4.69, 9.17) is 14.7 Å². The van der Waals surface area contributed by atoms with Gasteiger partial charge in [0.25, 0.3) is 0 Å². The Morgan fingerprint density at radius 1 is 0.586 bits per heavy atom. The molecule has 6 nitrogen and oxygen atoms in total. The molecule has 0 atom stereocenters. The summed E-state index contributed by atoms with van der Waals surface area (Å²) in [6, 6.07) is 62.4. The first-order valence-electron chi connectivity index (χ1n) is 19.3. The van der Waals surface area contributed by atoms with Gasteiger partial charge in [-0.25, -0.2) is 4.98 Å². The number of imidazole rings is 1. The second-order valence-corrected chi connectivity index (χ2v) is 15.3. The summed E-state index contributed by atoms with van der Waals surface area (Å²) in [5.41, 5.74) is 11.5. The van der Waals surface area contributed by atoms with Crippen molar-refractivity contribution in [1.82, 2.24) is 18.9 Å². The number of benzene rings is 7. The van der Waals surface area contributed by atoms with E-state index in [1.165, 1.54) is 16.3 Å². The van der Waals surface area contributed by atoms with Crippen LogP contribution in [0.2, 0.25) is 0 Å². The summed E-state index contributed by atoms with van der Waals surface area (Å²) in [6.07, 6.45) is 1.83. The second-order valence-electron chi connectivity index (χ2n) is 15.3. The van der Waals surface area contributed by atoms with Crippen LogP contribution in [0.15, 0.2) is 164 Å². The maximum absolute atomic E-state index is 6.71. The quantitative estimate of drug-likeness (QED) is 0.101. The zero-order chi connectivity index (χ0) is 37.8. The number of nitrogens with zero attached hydrogens (tertiary/aromatic N) is 5. The van der Waals surface area contributed by atoms with Crippen LogP contribution in [-0.2, 0) is 25.8 Å². The Hall–Kier alpha value is -6.78. The summed E-state index contributed by atoms with van der Waals surface area (Å²) in [5, 5.41) is 5.46. The first-order chi connectivity index (χ1) is 28.0. The van der Waals surface area contributed by atoms with Crippen LogP contribution in [0.25, 0.3) is 65.8 Å². The first-order valence-corrected chi connectivity index (χ1v) is 19.3. The number of pyridine rings is 2. The minimum Gasteiger partial charge on any atom is -0.503 e. The van der Waals surface area contributed by atoms with E-state index in [0.717, 1.165) is 77.8 Å². The summed E-state index contributed by atoms with van der Waals surface area (Å²) in [7, 11) is 0. The molecule has 5 heterocycles. The van der Waals surface area contributed by atoms with Crippen molar-refractivity contribution in [2.75, 3.05) is 4.90 Å². The Labute approximate surface area is 348 Å². The van der Waals surface area contributed by atoms with Gasteiger partial charge in [0, 0.05) is 45.4 Å². The molecule has 0 fully saturated rings. The number of rotatable bonds is 4.